The molecule has 3 nitrogen and oxygen atoms in total. The van der Waals surface area contributed by atoms with E-state index in [4.69, 9.17) is 0 Å². The third kappa shape index (κ3) is 3.90. The Morgan fingerprint density at radius 3 is 1.49 bits per heavy atom. The fourth-order valence-electron chi connectivity index (χ4n) is 6.75. The SMILES string of the molecule is CCCCCn1c2cccc3c2-c2c4c1cccc4[n+](CCCCC)c1cccc(c21)n3CCCCC. The summed E-state index contributed by atoms with van der Waals surface area (Å²) in [5.74, 6) is 0. The van der Waals surface area contributed by atoms with Crippen LogP contribution in [0.4, 0.5) is 0 Å². The fourth-order valence-corrected chi connectivity index (χ4v) is 6.75. The fraction of sp³-hybridized carbons (Fsp3) is 0.441. The molecule has 0 amide bonds. The molecule has 0 unspecified atom stereocenters. The van der Waals surface area contributed by atoms with Crippen LogP contribution in [0.1, 0.15) is 78.6 Å². The van der Waals surface area contributed by atoms with Crippen LogP contribution in [0.3, 0.4) is 0 Å². The molecular formula is C34H42N3+. The van der Waals surface area contributed by atoms with E-state index in [1.54, 1.807) is 0 Å². The second kappa shape index (κ2) is 10.4. The van der Waals surface area contributed by atoms with Crippen molar-refractivity contribution in [3.8, 4) is 11.1 Å². The Hall–Kier alpha value is -3.07. The first-order valence-electron chi connectivity index (χ1n) is 14.9. The largest absolute Gasteiger partial charge is 0.340 e. The van der Waals surface area contributed by atoms with Crippen LogP contribution in [0.2, 0.25) is 0 Å². The van der Waals surface area contributed by atoms with Crippen LogP contribution in [0.5, 0.6) is 0 Å². The molecule has 192 valence electrons. The van der Waals surface area contributed by atoms with Gasteiger partial charge < -0.3 is 9.13 Å². The minimum atomic E-state index is 1.08. The van der Waals surface area contributed by atoms with E-state index in [9.17, 15) is 0 Å². The minimum absolute atomic E-state index is 1.08. The summed E-state index contributed by atoms with van der Waals surface area (Å²) in [6.45, 7) is 10.1. The highest BCUT2D eigenvalue weighted by Crippen LogP contribution is 2.47. The van der Waals surface area contributed by atoms with Crippen molar-refractivity contribution >= 4 is 43.9 Å². The summed E-state index contributed by atoms with van der Waals surface area (Å²) in [6, 6.07) is 21.1. The maximum absolute atomic E-state index is 2.64. The first-order chi connectivity index (χ1) is 18.3. The predicted molar refractivity (Wildman–Crippen MR) is 159 cm³/mol. The smallest absolute Gasteiger partial charge is 0.215 e. The third-order valence-electron chi connectivity index (χ3n) is 8.51. The van der Waals surface area contributed by atoms with Gasteiger partial charge in [0.1, 0.15) is 6.54 Å². The summed E-state index contributed by atoms with van der Waals surface area (Å²) in [6.07, 6.45) is 11.2. The van der Waals surface area contributed by atoms with Gasteiger partial charge in [0.2, 0.25) is 11.0 Å². The third-order valence-corrected chi connectivity index (χ3v) is 8.51. The van der Waals surface area contributed by atoms with E-state index in [1.165, 1.54) is 113 Å². The van der Waals surface area contributed by atoms with Gasteiger partial charge in [-0.1, -0.05) is 71.1 Å². The van der Waals surface area contributed by atoms with E-state index >= 15 is 0 Å². The molecule has 0 N–H and O–H groups in total. The summed E-state index contributed by atoms with van der Waals surface area (Å²) in [5.41, 5.74) is 11.3. The number of hydrogen-bond acceptors (Lipinski definition) is 0. The van der Waals surface area contributed by atoms with Gasteiger partial charge in [-0.05, 0) is 43.5 Å². The lowest BCUT2D eigenvalue weighted by Gasteiger charge is -2.28. The van der Waals surface area contributed by atoms with E-state index < -0.39 is 0 Å². The number of unbranched alkanes of at least 4 members (excludes halogenated alkanes) is 6. The summed E-state index contributed by atoms with van der Waals surface area (Å²) < 4.78 is 7.93. The van der Waals surface area contributed by atoms with Crippen molar-refractivity contribution in [2.24, 2.45) is 0 Å². The molecule has 0 radical (unpaired) electrons. The minimum Gasteiger partial charge on any atom is -0.340 e. The van der Waals surface area contributed by atoms with E-state index in [0.29, 0.717) is 0 Å². The van der Waals surface area contributed by atoms with Gasteiger partial charge in [-0.25, -0.2) is 0 Å². The number of nitrogens with zero attached hydrogens (tertiary/aromatic N) is 3. The van der Waals surface area contributed by atoms with Crippen LogP contribution >= 0.6 is 0 Å². The second-order valence-electron chi connectivity index (χ2n) is 11.0. The van der Waals surface area contributed by atoms with Gasteiger partial charge in [-0.3, -0.25) is 0 Å². The van der Waals surface area contributed by atoms with Crippen molar-refractivity contribution in [1.82, 2.24) is 9.13 Å². The van der Waals surface area contributed by atoms with E-state index in [0.717, 1.165) is 19.6 Å². The maximum atomic E-state index is 2.64. The Balaban J connectivity index is 1.77. The summed E-state index contributed by atoms with van der Waals surface area (Å²) in [4.78, 5) is 0. The van der Waals surface area contributed by atoms with E-state index in [2.05, 4.69) is 89.1 Å². The maximum Gasteiger partial charge on any atom is 0.215 e. The molecule has 0 aliphatic carbocycles. The van der Waals surface area contributed by atoms with Crippen molar-refractivity contribution in [3.05, 3.63) is 54.6 Å². The zero-order chi connectivity index (χ0) is 25.4. The Morgan fingerprint density at radius 2 is 0.973 bits per heavy atom. The van der Waals surface area contributed by atoms with Crippen molar-refractivity contribution in [2.75, 3.05) is 0 Å². The van der Waals surface area contributed by atoms with Crippen LogP contribution in [-0.2, 0) is 19.6 Å². The topological polar surface area (TPSA) is 13.7 Å². The highest BCUT2D eigenvalue weighted by atomic mass is 15.0. The zero-order valence-electron chi connectivity index (χ0n) is 23.0. The summed E-state index contributed by atoms with van der Waals surface area (Å²) >= 11 is 0. The molecule has 0 saturated carbocycles. The van der Waals surface area contributed by atoms with Gasteiger partial charge in [-0.15, -0.1) is 0 Å². The molecule has 2 aliphatic heterocycles. The molecule has 37 heavy (non-hydrogen) atoms. The van der Waals surface area contributed by atoms with Crippen LogP contribution in [0.15, 0.2) is 54.6 Å². The Kier molecular flexibility index (Phi) is 6.80. The lowest BCUT2D eigenvalue weighted by molar-refractivity contribution is -0.645. The van der Waals surface area contributed by atoms with Crippen molar-refractivity contribution in [1.29, 1.82) is 0 Å². The Morgan fingerprint density at radius 1 is 0.514 bits per heavy atom. The zero-order valence-corrected chi connectivity index (χ0v) is 23.0. The summed E-state index contributed by atoms with van der Waals surface area (Å²) in [5, 5.41) is 2.92. The molecular weight excluding hydrogens is 450 g/mol. The van der Waals surface area contributed by atoms with Gasteiger partial charge in [0.05, 0.1) is 32.8 Å². The summed E-state index contributed by atoms with van der Waals surface area (Å²) in [7, 11) is 0. The van der Waals surface area contributed by atoms with Crippen LogP contribution < -0.4 is 4.57 Å². The van der Waals surface area contributed by atoms with Crippen LogP contribution in [-0.4, -0.2) is 9.13 Å². The van der Waals surface area contributed by atoms with Crippen LogP contribution in [0, 0.1) is 0 Å². The molecule has 4 aromatic rings. The molecule has 2 aliphatic rings. The molecule has 3 heterocycles. The van der Waals surface area contributed by atoms with Crippen molar-refractivity contribution < 1.29 is 4.57 Å². The number of aryl methyl sites for hydroxylation is 3. The average molecular weight is 493 g/mol. The lowest BCUT2D eigenvalue weighted by atomic mass is 9.89. The second-order valence-corrected chi connectivity index (χ2v) is 11.0. The molecule has 0 bridgehead atoms. The molecule has 0 spiro atoms. The average Bonchev–Trinajstić information content (AvgIpc) is 2.93. The number of hydrogen-bond donors (Lipinski definition) is 0. The molecule has 3 heteroatoms. The molecule has 0 atom stereocenters. The quantitative estimate of drug-likeness (QED) is 0.0699. The van der Waals surface area contributed by atoms with Gasteiger partial charge >= 0.3 is 0 Å². The number of benzene rings is 3. The van der Waals surface area contributed by atoms with Crippen molar-refractivity contribution in [3.63, 3.8) is 0 Å². The Bertz CT molecular complexity index is 1510. The highest BCUT2D eigenvalue weighted by molar-refractivity contribution is 6.24. The normalized spacial score (nSPS) is 12.4. The van der Waals surface area contributed by atoms with Gasteiger partial charge in [0, 0.05) is 42.8 Å². The van der Waals surface area contributed by atoms with Gasteiger partial charge in [-0.2, -0.15) is 4.57 Å². The first-order valence-corrected chi connectivity index (χ1v) is 14.9. The standard InChI is InChI=1S/C34H42N3/c1-4-7-10-22-35-25-16-13-18-27-31(25)34-32-26(35)17-14-19-28(32)37(24-12-9-6-3)30-21-15-20-29(33(30)34)36(27)23-11-8-5-2/h13-21H,4-12,22-24H2,1-3H3/q+1. The molecule has 0 saturated heterocycles. The van der Waals surface area contributed by atoms with E-state index in [1.807, 2.05) is 0 Å². The molecule has 6 rings (SSSR count). The van der Waals surface area contributed by atoms with Gasteiger partial charge in [0.15, 0.2) is 0 Å². The molecule has 3 aromatic carbocycles. The highest BCUT2D eigenvalue weighted by Gasteiger charge is 2.31. The molecule has 0 fully saturated rings. The van der Waals surface area contributed by atoms with Gasteiger partial charge in [0.25, 0.3) is 0 Å². The monoisotopic (exact) mass is 492 g/mol. The number of aromatic nitrogens is 3. The van der Waals surface area contributed by atoms with E-state index in [-0.39, 0.29) is 0 Å². The predicted octanol–water partition coefficient (Wildman–Crippen LogP) is 9.30. The molecule has 1 aromatic heterocycles. The van der Waals surface area contributed by atoms with Crippen LogP contribution in [0.25, 0.3) is 55.0 Å². The Labute approximate surface area is 221 Å². The number of pyridine rings is 3. The first kappa shape index (κ1) is 24.3. The lowest BCUT2D eigenvalue weighted by Crippen LogP contribution is -2.36. The number of rotatable bonds is 12. The van der Waals surface area contributed by atoms with Crippen molar-refractivity contribution in [2.45, 2.75) is 98.2 Å².